The second-order valence-electron chi connectivity index (χ2n) is 6.24. The minimum absolute atomic E-state index is 0.00244. The van der Waals surface area contributed by atoms with Crippen molar-refractivity contribution in [2.75, 3.05) is 13.2 Å². The highest BCUT2D eigenvalue weighted by Gasteiger charge is 2.22. The first kappa shape index (κ1) is 18.7. The Kier molecular flexibility index (Phi) is 6.16. The van der Waals surface area contributed by atoms with Gasteiger partial charge in [0.15, 0.2) is 11.9 Å². The van der Waals surface area contributed by atoms with Crippen LogP contribution in [-0.4, -0.2) is 40.9 Å². The van der Waals surface area contributed by atoms with Crippen molar-refractivity contribution in [1.82, 2.24) is 9.55 Å². The van der Waals surface area contributed by atoms with Gasteiger partial charge in [-0.3, -0.25) is 4.57 Å². The second kappa shape index (κ2) is 8.55. The molecule has 142 valence electrons. The number of halogens is 2. The van der Waals surface area contributed by atoms with E-state index in [0.717, 1.165) is 23.8 Å². The monoisotopic (exact) mass is 368 g/mol. The van der Waals surface area contributed by atoms with Gasteiger partial charge < -0.3 is 14.2 Å². The van der Waals surface area contributed by atoms with Gasteiger partial charge in [0.1, 0.15) is 6.61 Å². The van der Waals surface area contributed by atoms with Crippen molar-refractivity contribution in [2.24, 2.45) is 0 Å². The van der Waals surface area contributed by atoms with E-state index in [2.05, 4.69) is 4.98 Å². The number of para-hydroxylation sites is 2. The lowest BCUT2D eigenvalue weighted by Crippen LogP contribution is -2.30. The number of fused-ring (bicyclic) bond motifs is 1. The molecule has 1 aromatic heterocycles. The third kappa shape index (κ3) is 4.37. The normalized spacial score (nSPS) is 19.0. The summed E-state index contributed by atoms with van der Waals surface area (Å²) in [5.74, 6) is -0.619. The van der Waals surface area contributed by atoms with E-state index in [1.165, 1.54) is 0 Å². The molecule has 0 aliphatic carbocycles. The maximum atomic E-state index is 13.3. The average Bonchev–Trinajstić information content (AvgIpc) is 3.03. The minimum Gasteiger partial charge on any atom is -0.456 e. The largest absolute Gasteiger partial charge is 0.456 e. The fourth-order valence-corrected chi connectivity index (χ4v) is 2.93. The highest BCUT2D eigenvalue weighted by Crippen LogP contribution is 2.23. The van der Waals surface area contributed by atoms with Crippen LogP contribution in [0.25, 0.3) is 11.0 Å². The van der Waals surface area contributed by atoms with Crippen LogP contribution in [0, 0.1) is 0 Å². The summed E-state index contributed by atoms with van der Waals surface area (Å²) in [5.41, 5.74) is 0.727. The number of alkyl halides is 2. The third-order valence-electron chi connectivity index (χ3n) is 4.35. The van der Waals surface area contributed by atoms with E-state index in [9.17, 15) is 13.6 Å². The maximum absolute atomic E-state index is 13.3. The van der Waals surface area contributed by atoms with E-state index in [0.29, 0.717) is 24.2 Å². The van der Waals surface area contributed by atoms with Crippen molar-refractivity contribution >= 4 is 17.0 Å². The van der Waals surface area contributed by atoms with E-state index in [1.54, 1.807) is 31.2 Å². The molecule has 0 saturated carbocycles. The SMILES string of the molecule is CC(OCC1CCCCO1)C(=O)OCc1nc2ccccc2n1C(F)F. The van der Waals surface area contributed by atoms with Gasteiger partial charge in [0.05, 0.1) is 23.7 Å². The Morgan fingerprint density at radius 3 is 2.92 bits per heavy atom. The number of nitrogens with zero attached hydrogens (tertiary/aromatic N) is 2. The van der Waals surface area contributed by atoms with Gasteiger partial charge in [-0.15, -0.1) is 0 Å². The number of aromatic nitrogens is 2. The predicted octanol–water partition coefficient (Wildman–Crippen LogP) is 3.45. The standard InChI is InChI=1S/C18H22F2N2O4/c1-12(25-10-13-6-4-5-9-24-13)17(23)26-11-16-21-14-7-2-3-8-15(14)22(16)18(19)20/h2-3,7-8,12-13,18H,4-6,9-11H2,1H3. The van der Waals surface area contributed by atoms with Gasteiger partial charge in [0.25, 0.3) is 0 Å². The van der Waals surface area contributed by atoms with Crippen LogP contribution in [0.1, 0.15) is 38.6 Å². The lowest BCUT2D eigenvalue weighted by atomic mass is 10.1. The van der Waals surface area contributed by atoms with Crippen LogP contribution in [0.3, 0.4) is 0 Å². The summed E-state index contributed by atoms with van der Waals surface area (Å²) in [5, 5.41) is 0. The fraction of sp³-hybridized carbons (Fsp3) is 0.556. The molecule has 6 nitrogen and oxygen atoms in total. The molecule has 1 aromatic carbocycles. The summed E-state index contributed by atoms with van der Waals surface area (Å²) in [6.07, 6.45) is 2.21. The number of rotatable bonds is 7. The van der Waals surface area contributed by atoms with Crippen LogP contribution in [0.4, 0.5) is 8.78 Å². The topological polar surface area (TPSA) is 62.6 Å². The van der Waals surface area contributed by atoms with Crippen LogP contribution >= 0.6 is 0 Å². The van der Waals surface area contributed by atoms with Crippen LogP contribution in [0.2, 0.25) is 0 Å². The quantitative estimate of drug-likeness (QED) is 0.701. The fourth-order valence-electron chi connectivity index (χ4n) is 2.93. The third-order valence-corrected chi connectivity index (χ3v) is 4.35. The Morgan fingerprint density at radius 1 is 1.38 bits per heavy atom. The summed E-state index contributed by atoms with van der Waals surface area (Å²) in [6, 6.07) is 6.55. The number of carbonyl (C=O) groups excluding carboxylic acids is 1. The molecule has 1 aliphatic rings. The van der Waals surface area contributed by atoms with Crippen molar-refractivity contribution < 1.29 is 27.8 Å². The van der Waals surface area contributed by atoms with Gasteiger partial charge in [0, 0.05) is 6.61 Å². The molecule has 2 aromatic rings. The van der Waals surface area contributed by atoms with Crippen molar-refractivity contribution in [2.45, 2.75) is 51.6 Å². The molecule has 2 atom stereocenters. The van der Waals surface area contributed by atoms with E-state index >= 15 is 0 Å². The Hall–Kier alpha value is -2.06. The number of carbonyl (C=O) groups is 1. The van der Waals surface area contributed by atoms with Crippen LogP contribution in [0.5, 0.6) is 0 Å². The molecule has 26 heavy (non-hydrogen) atoms. The molecule has 0 spiro atoms. The molecule has 2 heterocycles. The van der Waals surface area contributed by atoms with Gasteiger partial charge in [-0.1, -0.05) is 12.1 Å². The molecule has 3 rings (SSSR count). The summed E-state index contributed by atoms with van der Waals surface area (Å²) >= 11 is 0. The summed E-state index contributed by atoms with van der Waals surface area (Å²) < 4.78 is 43.6. The zero-order chi connectivity index (χ0) is 18.5. The Balaban J connectivity index is 1.57. The first-order chi connectivity index (χ1) is 12.6. The van der Waals surface area contributed by atoms with Crippen LogP contribution < -0.4 is 0 Å². The highest BCUT2D eigenvalue weighted by atomic mass is 19.3. The van der Waals surface area contributed by atoms with Crippen LogP contribution in [-0.2, 0) is 25.6 Å². The van der Waals surface area contributed by atoms with E-state index < -0.39 is 18.6 Å². The first-order valence-corrected chi connectivity index (χ1v) is 8.70. The lowest BCUT2D eigenvalue weighted by Gasteiger charge is -2.23. The second-order valence-corrected chi connectivity index (χ2v) is 6.24. The zero-order valence-corrected chi connectivity index (χ0v) is 14.6. The van der Waals surface area contributed by atoms with E-state index in [-0.39, 0.29) is 18.5 Å². The summed E-state index contributed by atoms with van der Waals surface area (Å²) in [7, 11) is 0. The first-order valence-electron chi connectivity index (χ1n) is 8.70. The molecule has 8 heteroatoms. The summed E-state index contributed by atoms with van der Waals surface area (Å²) in [6.45, 7) is -0.525. The maximum Gasteiger partial charge on any atom is 0.335 e. The molecule has 0 amide bonds. The summed E-state index contributed by atoms with van der Waals surface area (Å²) in [4.78, 5) is 16.2. The molecule has 0 bridgehead atoms. The van der Waals surface area contributed by atoms with Crippen molar-refractivity contribution in [3.63, 3.8) is 0 Å². The number of hydrogen-bond acceptors (Lipinski definition) is 5. The molecular weight excluding hydrogens is 346 g/mol. The lowest BCUT2D eigenvalue weighted by molar-refractivity contribution is -0.161. The van der Waals surface area contributed by atoms with Gasteiger partial charge in [-0.2, -0.15) is 8.78 Å². The molecule has 2 unspecified atom stereocenters. The van der Waals surface area contributed by atoms with Gasteiger partial charge in [-0.25, -0.2) is 9.78 Å². The van der Waals surface area contributed by atoms with Crippen molar-refractivity contribution in [3.8, 4) is 0 Å². The minimum atomic E-state index is -2.77. The van der Waals surface area contributed by atoms with E-state index in [4.69, 9.17) is 14.2 Å². The van der Waals surface area contributed by atoms with Crippen molar-refractivity contribution in [1.29, 1.82) is 0 Å². The van der Waals surface area contributed by atoms with Crippen LogP contribution in [0.15, 0.2) is 24.3 Å². The van der Waals surface area contributed by atoms with Gasteiger partial charge >= 0.3 is 12.5 Å². The van der Waals surface area contributed by atoms with E-state index in [1.807, 2.05) is 0 Å². The highest BCUT2D eigenvalue weighted by molar-refractivity contribution is 5.76. The average molecular weight is 368 g/mol. The Morgan fingerprint density at radius 2 is 2.19 bits per heavy atom. The molecule has 0 N–H and O–H groups in total. The van der Waals surface area contributed by atoms with Gasteiger partial charge in [0.2, 0.25) is 0 Å². The Bertz CT molecular complexity index is 744. The smallest absolute Gasteiger partial charge is 0.335 e. The number of esters is 1. The number of ether oxygens (including phenoxy) is 3. The molecule has 1 saturated heterocycles. The number of benzene rings is 1. The Labute approximate surface area is 150 Å². The molecule has 0 radical (unpaired) electrons. The zero-order valence-electron chi connectivity index (χ0n) is 14.6. The predicted molar refractivity (Wildman–Crippen MR) is 89.8 cm³/mol. The molecule has 1 aliphatic heterocycles. The number of hydrogen-bond donors (Lipinski definition) is 0. The molecular formula is C18H22F2N2O4. The number of imidazole rings is 1. The van der Waals surface area contributed by atoms with Gasteiger partial charge in [-0.05, 0) is 38.3 Å². The van der Waals surface area contributed by atoms with Crippen molar-refractivity contribution in [3.05, 3.63) is 30.1 Å². The molecule has 1 fully saturated rings.